The van der Waals surface area contributed by atoms with Crippen LogP contribution in [0.25, 0.3) is 21.9 Å². The number of piperazine rings is 1. The lowest BCUT2D eigenvalue weighted by molar-refractivity contribution is 0.0139. The van der Waals surface area contributed by atoms with Crippen molar-refractivity contribution in [3.05, 3.63) is 94.7 Å². The van der Waals surface area contributed by atoms with Crippen molar-refractivity contribution in [3.8, 4) is 16.9 Å². The third-order valence-corrected chi connectivity index (χ3v) is 7.68. The Kier molecular flexibility index (Phi) is 8.72. The molecule has 1 amide bonds. The van der Waals surface area contributed by atoms with Crippen molar-refractivity contribution in [2.45, 2.75) is 39.3 Å². The summed E-state index contributed by atoms with van der Waals surface area (Å²) in [6, 6.07) is 23.4. The smallest absolute Gasteiger partial charge is 0.410 e. The van der Waals surface area contributed by atoms with Gasteiger partial charge in [-0.05, 0) is 82.5 Å². The zero-order valence-corrected chi connectivity index (χ0v) is 25.0. The lowest BCUT2D eigenvalue weighted by Gasteiger charge is -2.35. The van der Waals surface area contributed by atoms with Crippen LogP contribution in [0.4, 0.5) is 4.79 Å². The SMILES string of the molecule is CC(C)(C)OC(=O)N1CCN(Cc2ccc(Br)c(OCCc3ccc(-c4cccc5ccncc45)cc3)c2)CC1. The van der Waals surface area contributed by atoms with E-state index in [9.17, 15) is 4.79 Å². The zero-order valence-electron chi connectivity index (χ0n) is 23.4. The van der Waals surface area contributed by atoms with Gasteiger partial charge >= 0.3 is 6.09 Å². The number of aromatic nitrogens is 1. The quantitative estimate of drug-likeness (QED) is 0.222. The Hall–Kier alpha value is -3.42. The molecule has 1 aliphatic heterocycles. The molecule has 0 atom stereocenters. The molecule has 0 N–H and O–H groups in total. The van der Waals surface area contributed by atoms with Gasteiger partial charge in [-0.1, -0.05) is 48.5 Å². The molecule has 0 bridgehead atoms. The topological polar surface area (TPSA) is 54.9 Å². The normalized spacial score (nSPS) is 14.3. The highest BCUT2D eigenvalue weighted by molar-refractivity contribution is 9.10. The summed E-state index contributed by atoms with van der Waals surface area (Å²) in [6.45, 7) is 10.1. The van der Waals surface area contributed by atoms with E-state index in [2.05, 4.69) is 86.5 Å². The average Bonchev–Trinajstić information content (AvgIpc) is 2.94. The van der Waals surface area contributed by atoms with Gasteiger partial charge < -0.3 is 14.4 Å². The molecule has 7 heteroatoms. The van der Waals surface area contributed by atoms with Crippen molar-refractivity contribution in [3.63, 3.8) is 0 Å². The maximum absolute atomic E-state index is 12.4. The first kappa shape index (κ1) is 28.1. The number of carbonyl (C=O) groups excluding carboxylic acids is 1. The molecule has 6 nitrogen and oxygen atoms in total. The van der Waals surface area contributed by atoms with Gasteiger partial charge in [0.2, 0.25) is 0 Å². The highest BCUT2D eigenvalue weighted by Gasteiger charge is 2.26. The van der Waals surface area contributed by atoms with Gasteiger partial charge in [-0.3, -0.25) is 9.88 Å². The summed E-state index contributed by atoms with van der Waals surface area (Å²) in [5.41, 5.74) is 4.34. The number of benzene rings is 3. The van der Waals surface area contributed by atoms with Crippen LogP contribution in [0.3, 0.4) is 0 Å². The first-order valence-corrected chi connectivity index (χ1v) is 14.6. The van der Waals surface area contributed by atoms with Gasteiger partial charge in [0, 0.05) is 56.9 Å². The van der Waals surface area contributed by atoms with E-state index < -0.39 is 5.60 Å². The van der Waals surface area contributed by atoms with E-state index in [1.165, 1.54) is 27.6 Å². The van der Waals surface area contributed by atoms with Crippen LogP contribution < -0.4 is 4.74 Å². The van der Waals surface area contributed by atoms with Crippen molar-refractivity contribution in [2.75, 3.05) is 32.8 Å². The summed E-state index contributed by atoms with van der Waals surface area (Å²) in [6.07, 6.45) is 4.36. The van der Waals surface area contributed by atoms with Crippen LogP contribution in [-0.4, -0.2) is 59.3 Å². The fraction of sp³-hybridized carbons (Fsp3) is 0.333. The molecule has 3 aromatic carbocycles. The molecule has 2 heterocycles. The van der Waals surface area contributed by atoms with Crippen molar-refractivity contribution >= 4 is 32.8 Å². The molecule has 0 saturated carbocycles. The lowest BCUT2D eigenvalue weighted by atomic mass is 9.98. The molecule has 1 aliphatic rings. The van der Waals surface area contributed by atoms with E-state index in [-0.39, 0.29) is 6.09 Å². The Labute approximate surface area is 245 Å². The molecule has 4 aromatic rings. The third-order valence-electron chi connectivity index (χ3n) is 7.02. The maximum Gasteiger partial charge on any atom is 0.410 e. The van der Waals surface area contributed by atoms with Crippen LogP contribution in [-0.2, 0) is 17.7 Å². The van der Waals surface area contributed by atoms with Crippen molar-refractivity contribution in [2.24, 2.45) is 0 Å². The monoisotopic (exact) mass is 601 g/mol. The Balaban J connectivity index is 1.13. The molecule has 5 rings (SSSR count). The van der Waals surface area contributed by atoms with Gasteiger partial charge in [0.15, 0.2) is 0 Å². The van der Waals surface area contributed by atoms with Crippen LogP contribution >= 0.6 is 15.9 Å². The van der Waals surface area contributed by atoms with Crippen LogP contribution in [0.1, 0.15) is 31.9 Å². The molecule has 0 unspecified atom stereocenters. The van der Waals surface area contributed by atoms with Gasteiger partial charge in [0.1, 0.15) is 11.4 Å². The van der Waals surface area contributed by atoms with Crippen LogP contribution in [0.5, 0.6) is 5.75 Å². The van der Waals surface area contributed by atoms with E-state index in [0.29, 0.717) is 19.7 Å². The summed E-state index contributed by atoms with van der Waals surface area (Å²) in [7, 11) is 0. The Morgan fingerprint density at radius 2 is 1.70 bits per heavy atom. The second-order valence-corrected chi connectivity index (χ2v) is 12.1. The molecule has 208 valence electrons. The van der Waals surface area contributed by atoms with Crippen molar-refractivity contribution in [1.29, 1.82) is 0 Å². The number of rotatable bonds is 7. The molecular weight excluding hydrogens is 566 g/mol. The molecule has 40 heavy (non-hydrogen) atoms. The van der Waals surface area contributed by atoms with E-state index >= 15 is 0 Å². The number of nitrogens with zero attached hydrogens (tertiary/aromatic N) is 3. The number of halogens is 1. The second kappa shape index (κ2) is 12.4. The van der Waals surface area contributed by atoms with Gasteiger partial charge in [0.05, 0.1) is 11.1 Å². The number of carbonyl (C=O) groups is 1. The Morgan fingerprint density at radius 1 is 0.950 bits per heavy atom. The number of fused-ring (bicyclic) bond motifs is 1. The van der Waals surface area contributed by atoms with E-state index in [0.717, 1.165) is 41.7 Å². The highest BCUT2D eigenvalue weighted by Crippen LogP contribution is 2.29. The maximum atomic E-state index is 12.4. The Bertz CT molecular complexity index is 1450. The molecule has 1 saturated heterocycles. The third kappa shape index (κ3) is 7.20. The van der Waals surface area contributed by atoms with Crippen LogP contribution in [0, 0.1) is 0 Å². The van der Waals surface area contributed by atoms with E-state index in [1.807, 2.05) is 39.2 Å². The molecular formula is C33H36BrN3O3. The van der Waals surface area contributed by atoms with Crippen LogP contribution in [0.15, 0.2) is 83.6 Å². The number of ether oxygens (including phenoxy) is 2. The average molecular weight is 603 g/mol. The molecule has 0 spiro atoms. The Morgan fingerprint density at radius 3 is 2.45 bits per heavy atom. The standard InChI is InChI=1S/C33H36BrN3O3/c1-33(2,3)40-32(38)37-18-16-36(17-19-37)23-25-9-12-30(34)31(21-25)39-20-14-24-7-10-27(11-8-24)28-6-4-5-26-13-15-35-22-29(26)28/h4-13,15,21-22H,14,16-20,23H2,1-3H3. The second-order valence-electron chi connectivity index (χ2n) is 11.2. The largest absolute Gasteiger partial charge is 0.492 e. The summed E-state index contributed by atoms with van der Waals surface area (Å²) in [5, 5.41) is 2.36. The molecule has 1 fully saturated rings. The van der Waals surface area contributed by atoms with Crippen molar-refractivity contribution in [1.82, 2.24) is 14.8 Å². The van der Waals surface area contributed by atoms with Crippen LogP contribution in [0.2, 0.25) is 0 Å². The highest BCUT2D eigenvalue weighted by atomic mass is 79.9. The van der Waals surface area contributed by atoms with E-state index in [1.54, 1.807) is 4.90 Å². The molecule has 1 aromatic heterocycles. The number of pyridine rings is 1. The van der Waals surface area contributed by atoms with Gasteiger partial charge in [-0.15, -0.1) is 0 Å². The van der Waals surface area contributed by atoms with Gasteiger partial charge in [-0.2, -0.15) is 0 Å². The zero-order chi connectivity index (χ0) is 28.1. The van der Waals surface area contributed by atoms with Gasteiger partial charge in [-0.25, -0.2) is 4.79 Å². The summed E-state index contributed by atoms with van der Waals surface area (Å²) in [5.74, 6) is 0.852. The summed E-state index contributed by atoms with van der Waals surface area (Å²) >= 11 is 3.64. The number of hydrogen-bond acceptors (Lipinski definition) is 5. The fourth-order valence-corrected chi connectivity index (χ4v) is 5.29. The summed E-state index contributed by atoms with van der Waals surface area (Å²) < 4.78 is 12.7. The first-order chi connectivity index (χ1) is 19.2. The molecule has 0 aliphatic carbocycles. The minimum Gasteiger partial charge on any atom is -0.492 e. The summed E-state index contributed by atoms with van der Waals surface area (Å²) in [4.78, 5) is 20.8. The van der Waals surface area contributed by atoms with E-state index in [4.69, 9.17) is 9.47 Å². The number of hydrogen-bond donors (Lipinski definition) is 0. The van der Waals surface area contributed by atoms with Gasteiger partial charge in [0.25, 0.3) is 0 Å². The predicted molar refractivity (Wildman–Crippen MR) is 164 cm³/mol. The minimum atomic E-state index is -0.471. The predicted octanol–water partition coefficient (Wildman–Crippen LogP) is 7.34. The first-order valence-electron chi connectivity index (χ1n) is 13.8. The fourth-order valence-electron chi connectivity index (χ4n) is 4.92. The minimum absolute atomic E-state index is 0.230. The number of amides is 1. The molecule has 0 radical (unpaired) electrons. The lowest BCUT2D eigenvalue weighted by Crippen LogP contribution is -2.49. The van der Waals surface area contributed by atoms with Crippen molar-refractivity contribution < 1.29 is 14.3 Å².